The van der Waals surface area contributed by atoms with Crippen molar-refractivity contribution in [1.82, 2.24) is 10.5 Å². The van der Waals surface area contributed by atoms with E-state index < -0.39 is 5.97 Å². The van der Waals surface area contributed by atoms with E-state index in [1.54, 1.807) is 12.1 Å². The minimum atomic E-state index is -0.967. The zero-order valence-electron chi connectivity index (χ0n) is 12.7. The van der Waals surface area contributed by atoms with Crippen molar-refractivity contribution < 1.29 is 19.2 Å². The minimum Gasteiger partial charge on any atom is -0.478 e. The van der Waals surface area contributed by atoms with Gasteiger partial charge >= 0.3 is 5.97 Å². The maximum atomic E-state index is 12.3. The van der Waals surface area contributed by atoms with Gasteiger partial charge in [0.2, 0.25) is 0 Å². The van der Waals surface area contributed by atoms with E-state index in [2.05, 4.69) is 10.5 Å². The van der Waals surface area contributed by atoms with E-state index in [4.69, 9.17) is 9.63 Å². The molecule has 0 saturated heterocycles. The van der Waals surface area contributed by atoms with E-state index in [9.17, 15) is 9.59 Å². The van der Waals surface area contributed by atoms with Gasteiger partial charge in [-0.05, 0) is 37.0 Å². The van der Waals surface area contributed by atoms with E-state index in [1.165, 1.54) is 12.1 Å². The fraction of sp³-hybridized carbons (Fsp3) is 0.353. The van der Waals surface area contributed by atoms with Crippen molar-refractivity contribution >= 4 is 11.9 Å². The first kappa shape index (κ1) is 15.3. The van der Waals surface area contributed by atoms with Gasteiger partial charge in [0.05, 0.1) is 5.56 Å². The highest BCUT2D eigenvalue weighted by molar-refractivity contribution is 5.93. The quantitative estimate of drug-likeness (QED) is 0.846. The average molecular weight is 314 g/mol. The maximum Gasteiger partial charge on any atom is 0.335 e. The van der Waals surface area contributed by atoms with Crippen LogP contribution in [0.1, 0.15) is 57.0 Å². The number of fused-ring (bicyclic) bond motifs is 1. The van der Waals surface area contributed by atoms with Crippen molar-refractivity contribution in [2.45, 2.75) is 38.6 Å². The Morgan fingerprint density at radius 3 is 2.61 bits per heavy atom. The molecule has 6 nitrogen and oxygen atoms in total. The van der Waals surface area contributed by atoms with Crippen molar-refractivity contribution in [2.75, 3.05) is 0 Å². The smallest absolute Gasteiger partial charge is 0.335 e. The van der Waals surface area contributed by atoms with Gasteiger partial charge in [0, 0.05) is 18.5 Å². The number of amides is 1. The zero-order chi connectivity index (χ0) is 16.2. The second-order valence-electron chi connectivity index (χ2n) is 5.68. The second kappa shape index (κ2) is 6.64. The van der Waals surface area contributed by atoms with Gasteiger partial charge in [-0.25, -0.2) is 4.79 Å². The second-order valence-corrected chi connectivity index (χ2v) is 5.68. The SMILES string of the molecule is O=C(O)c1ccc(CNC(=O)c2noc3c2CCCCC3)cc1. The number of hydrogen-bond donors (Lipinski definition) is 2. The molecule has 1 aliphatic carbocycles. The summed E-state index contributed by atoms with van der Waals surface area (Å²) in [6, 6.07) is 6.41. The molecule has 3 rings (SSSR count). The molecule has 1 aliphatic rings. The molecule has 0 bridgehead atoms. The normalized spacial score (nSPS) is 13.9. The Morgan fingerprint density at radius 2 is 1.87 bits per heavy atom. The monoisotopic (exact) mass is 314 g/mol. The summed E-state index contributed by atoms with van der Waals surface area (Å²) in [7, 11) is 0. The molecule has 1 amide bonds. The zero-order valence-corrected chi connectivity index (χ0v) is 12.7. The lowest BCUT2D eigenvalue weighted by atomic mass is 10.1. The first-order valence-corrected chi connectivity index (χ1v) is 7.73. The number of carboxylic acids is 1. The standard InChI is InChI=1S/C17H18N2O4/c20-16(15-13-4-2-1-3-5-14(13)23-19-15)18-10-11-6-8-12(9-7-11)17(21)22/h6-9H,1-5,10H2,(H,18,20)(H,21,22). The van der Waals surface area contributed by atoms with Gasteiger partial charge < -0.3 is 14.9 Å². The number of aromatic nitrogens is 1. The Labute approximate surface area is 133 Å². The van der Waals surface area contributed by atoms with Gasteiger partial charge in [0.15, 0.2) is 5.69 Å². The summed E-state index contributed by atoms with van der Waals surface area (Å²) >= 11 is 0. The lowest BCUT2D eigenvalue weighted by molar-refractivity contribution is 0.0696. The summed E-state index contributed by atoms with van der Waals surface area (Å²) in [5, 5.41) is 15.6. The molecule has 120 valence electrons. The van der Waals surface area contributed by atoms with Crippen molar-refractivity contribution in [3.05, 3.63) is 52.4 Å². The molecule has 1 aromatic heterocycles. The Balaban J connectivity index is 1.65. The molecule has 6 heteroatoms. The lowest BCUT2D eigenvalue weighted by Gasteiger charge is -2.05. The maximum absolute atomic E-state index is 12.3. The molecule has 23 heavy (non-hydrogen) atoms. The first-order valence-electron chi connectivity index (χ1n) is 7.73. The summed E-state index contributed by atoms with van der Waals surface area (Å²) in [6.45, 7) is 0.320. The molecule has 0 aliphatic heterocycles. The van der Waals surface area contributed by atoms with Crippen molar-refractivity contribution in [3.63, 3.8) is 0 Å². The fourth-order valence-corrected chi connectivity index (χ4v) is 2.77. The number of nitrogens with one attached hydrogen (secondary N) is 1. The van der Waals surface area contributed by atoms with Crippen LogP contribution in [0.4, 0.5) is 0 Å². The Hall–Kier alpha value is -2.63. The number of aryl methyl sites for hydroxylation is 1. The van der Waals surface area contributed by atoms with Crippen LogP contribution in [-0.4, -0.2) is 22.1 Å². The van der Waals surface area contributed by atoms with E-state index in [1.807, 2.05) is 0 Å². The van der Waals surface area contributed by atoms with Crippen LogP contribution in [0, 0.1) is 0 Å². The predicted molar refractivity (Wildman–Crippen MR) is 82.3 cm³/mol. The number of carbonyl (C=O) groups excluding carboxylic acids is 1. The highest BCUT2D eigenvalue weighted by atomic mass is 16.5. The van der Waals surface area contributed by atoms with Crippen LogP contribution in [0.2, 0.25) is 0 Å². The van der Waals surface area contributed by atoms with Crippen LogP contribution in [0.5, 0.6) is 0 Å². The predicted octanol–water partition coefficient (Wildman–Crippen LogP) is 2.57. The largest absolute Gasteiger partial charge is 0.478 e. The van der Waals surface area contributed by atoms with E-state index in [0.717, 1.165) is 49.0 Å². The number of aromatic carboxylic acids is 1. The van der Waals surface area contributed by atoms with Crippen LogP contribution < -0.4 is 5.32 Å². The van der Waals surface area contributed by atoms with Crippen LogP contribution in [0.15, 0.2) is 28.8 Å². The van der Waals surface area contributed by atoms with E-state index >= 15 is 0 Å². The number of carboxylic acid groups (broad SMARTS) is 1. The average Bonchev–Trinajstić information content (AvgIpc) is 2.81. The number of nitrogens with zero attached hydrogens (tertiary/aromatic N) is 1. The molecular weight excluding hydrogens is 296 g/mol. The Morgan fingerprint density at radius 1 is 1.13 bits per heavy atom. The number of rotatable bonds is 4. The van der Waals surface area contributed by atoms with Crippen LogP contribution >= 0.6 is 0 Å². The van der Waals surface area contributed by atoms with Gasteiger partial charge in [0.25, 0.3) is 5.91 Å². The molecule has 1 aromatic carbocycles. The highest BCUT2D eigenvalue weighted by Gasteiger charge is 2.22. The molecule has 0 atom stereocenters. The van der Waals surface area contributed by atoms with Gasteiger partial charge in [0.1, 0.15) is 5.76 Å². The number of carbonyl (C=O) groups is 2. The van der Waals surface area contributed by atoms with Crippen LogP contribution in [0.3, 0.4) is 0 Å². The topological polar surface area (TPSA) is 92.4 Å². The van der Waals surface area contributed by atoms with Gasteiger partial charge in [-0.15, -0.1) is 0 Å². The number of hydrogen-bond acceptors (Lipinski definition) is 4. The van der Waals surface area contributed by atoms with Gasteiger partial charge in [-0.2, -0.15) is 0 Å². The van der Waals surface area contributed by atoms with Crippen molar-refractivity contribution in [1.29, 1.82) is 0 Å². The molecular formula is C17H18N2O4. The molecule has 0 saturated carbocycles. The summed E-state index contributed by atoms with van der Waals surface area (Å²) in [5.74, 6) is -0.386. The third-order valence-corrected chi connectivity index (χ3v) is 4.07. The molecule has 1 heterocycles. The third kappa shape index (κ3) is 3.41. The molecule has 0 unspecified atom stereocenters. The van der Waals surface area contributed by atoms with Gasteiger partial charge in [-0.3, -0.25) is 4.79 Å². The minimum absolute atomic E-state index is 0.224. The van der Waals surface area contributed by atoms with Crippen molar-refractivity contribution in [2.24, 2.45) is 0 Å². The first-order chi connectivity index (χ1) is 11.1. The Bertz CT molecular complexity index is 719. The van der Waals surface area contributed by atoms with E-state index in [-0.39, 0.29) is 11.5 Å². The summed E-state index contributed by atoms with van der Waals surface area (Å²) in [4.78, 5) is 23.1. The van der Waals surface area contributed by atoms with E-state index in [0.29, 0.717) is 12.2 Å². The Kier molecular flexibility index (Phi) is 4.41. The summed E-state index contributed by atoms with van der Waals surface area (Å²) in [6.07, 6.45) is 4.92. The molecule has 0 radical (unpaired) electrons. The number of benzene rings is 1. The summed E-state index contributed by atoms with van der Waals surface area (Å²) < 4.78 is 5.31. The van der Waals surface area contributed by atoms with Crippen LogP contribution in [-0.2, 0) is 19.4 Å². The lowest BCUT2D eigenvalue weighted by Crippen LogP contribution is -2.24. The molecule has 0 fully saturated rings. The summed E-state index contributed by atoms with van der Waals surface area (Å²) in [5.41, 5.74) is 2.37. The highest BCUT2D eigenvalue weighted by Crippen LogP contribution is 2.23. The van der Waals surface area contributed by atoms with Crippen LogP contribution in [0.25, 0.3) is 0 Å². The third-order valence-electron chi connectivity index (χ3n) is 4.07. The van der Waals surface area contributed by atoms with Crippen molar-refractivity contribution in [3.8, 4) is 0 Å². The fourth-order valence-electron chi connectivity index (χ4n) is 2.77. The molecule has 2 aromatic rings. The molecule has 0 spiro atoms. The van der Waals surface area contributed by atoms with Gasteiger partial charge in [-0.1, -0.05) is 23.7 Å². The molecule has 2 N–H and O–H groups in total.